The maximum Gasteiger partial charge on any atom is 0.0121 e. The van der Waals surface area contributed by atoms with Crippen LogP contribution in [0.3, 0.4) is 0 Å². The van der Waals surface area contributed by atoms with Crippen molar-refractivity contribution in [1.82, 2.24) is 0 Å². The lowest BCUT2D eigenvalue weighted by atomic mass is 9.68. The predicted octanol–water partition coefficient (Wildman–Crippen LogP) is 4.07. The van der Waals surface area contributed by atoms with E-state index >= 15 is 0 Å². The van der Waals surface area contributed by atoms with E-state index in [4.69, 9.17) is 5.73 Å². The summed E-state index contributed by atoms with van der Waals surface area (Å²) < 4.78 is 0. The van der Waals surface area contributed by atoms with E-state index in [1.54, 1.807) is 0 Å². The van der Waals surface area contributed by atoms with Gasteiger partial charge >= 0.3 is 0 Å². The van der Waals surface area contributed by atoms with E-state index in [-0.39, 0.29) is 0 Å². The van der Waals surface area contributed by atoms with E-state index < -0.39 is 0 Å². The Labute approximate surface area is 96.8 Å². The molecule has 1 heteroatoms. The smallest absolute Gasteiger partial charge is 0.0121 e. The molecule has 0 aliphatic rings. The third-order valence-electron chi connectivity index (χ3n) is 4.87. The highest BCUT2D eigenvalue weighted by atomic mass is 14.7. The molecule has 0 amide bonds. The number of hydrogen-bond donors (Lipinski definition) is 1. The lowest BCUT2D eigenvalue weighted by Crippen LogP contribution is -2.46. The Hall–Kier alpha value is -0.0400. The molecule has 0 aliphatic heterocycles. The van der Waals surface area contributed by atoms with Crippen molar-refractivity contribution in [3.05, 3.63) is 0 Å². The first-order valence-electron chi connectivity index (χ1n) is 6.55. The molecule has 0 aromatic carbocycles. The molecule has 0 aromatic rings. The van der Waals surface area contributed by atoms with Crippen LogP contribution in [0.5, 0.6) is 0 Å². The zero-order valence-corrected chi connectivity index (χ0v) is 11.8. The quantitative estimate of drug-likeness (QED) is 0.707. The fraction of sp³-hybridized carbons (Fsp3) is 1.00. The van der Waals surface area contributed by atoms with Gasteiger partial charge in [0.05, 0.1) is 0 Å². The van der Waals surface area contributed by atoms with Crippen LogP contribution < -0.4 is 5.73 Å². The van der Waals surface area contributed by atoms with Crippen LogP contribution in [-0.4, -0.2) is 6.04 Å². The molecule has 15 heavy (non-hydrogen) atoms. The Balaban J connectivity index is 4.61. The van der Waals surface area contributed by atoms with Crippen molar-refractivity contribution >= 4 is 0 Å². The van der Waals surface area contributed by atoms with Crippen LogP contribution in [0.15, 0.2) is 0 Å². The topological polar surface area (TPSA) is 26.0 Å². The summed E-state index contributed by atoms with van der Waals surface area (Å²) in [4.78, 5) is 0. The molecule has 0 fully saturated rings. The van der Waals surface area contributed by atoms with Gasteiger partial charge in [0.2, 0.25) is 0 Å². The Morgan fingerprint density at radius 1 is 0.933 bits per heavy atom. The second kappa shape index (κ2) is 5.89. The second-order valence-corrected chi connectivity index (χ2v) is 5.85. The lowest BCUT2D eigenvalue weighted by Gasteiger charge is -2.40. The van der Waals surface area contributed by atoms with Gasteiger partial charge in [-0.15, -0.1) is 0 Å². The van der Waals surface area contributed by atoms with Gasteiger partial charge in [-0.1, -0.05) is 48.5 Å². The molecule has 0 saturated carbocycles. The van der Waals surface area contributed by atoms with E-state index in [2.05, 4.69) is 48.5 Å². The highest BCUT2D eigenvalue weighted by molar-refractivity contribution is 4.89. The molecule has 0 bridgehead atoms. The van der Waals surface area contributed by atoms with E-state index in [0.717, 1.165) is 5.92 Å². The monoisotopic (exact) mass is 213 g/mol. The minimum Gasteiger partial charge on any atom is -0.327 e. The van der Waals surface area contributed by atoms with Gasteiger partial charge in [0.15, 0.2) is 0 Å². The van der Waals surface area contributed by atoms with Gasteiger partial charge < -0.3 is 5.73 Å². The normalized spacial score (nSPS) is 19.0. The Morgan fingerprint density at radius 2 is 1.33 bits per heavy atom. The average molecular weight is 213 g/mol. The van der Waals surface area contributed by atoms with Gasteiger partial charge in [-0.3, -0.25) is 0 Å². The molecule has 0 spiro atoms. The van der Waals surface area contributed by atoms with Gasteiger partial charge in [0.25, 0.3) is 0 Å². The van der Waals surface area contributed by atoms with Gasteiger partial charge in [-0.25, -0.2) is 0 Å². The Morgan fingerprint density at radius 3 is 1.60 bits per heavy atom. The van der Waals surface area contributed by atoms with Crippen LogP contribution in [0.4, 0.5) is 0 Å². The molecule has 3 unspecified atom stereocenters. The number of hydrogen-bond acceptors (Lipinski definition) is 1. The Bertz CT molecular complexity index is 170. The molecular formula is C14H31N. The van der Waals surface area contributed by atoms with Crippen LogP contribution in [0.1, 0.15) is 61.3 Å². The number of rotatable bonds is 6. The minimum atomic E-state index is 0.308. The van der Waals surface area contributed by atoms with Crippen LogP contribution in [0.2, 0.25) is 0 Å². The van der Waals surface area contributed by atoms with Crippen molar-refractivity contribution < 1.29 is 0 Å². The van der Waals surface area contributed by atoms with Crippen molar-refractivity contribution in [3.63, 3.8) is 0 Å². The summed E-state index contributed by atoms with van der Waals surface area (Å²) in [5, 5.41) is 0. The highest BCUT2D eigenvalue weighted by Gasteiger charge is 2.34. The van der Waals surface area contributed by atoms with Gasteiger partial charge in [-0.05, 0) is 36.0 Å². The molecule has 0 saturated heterocycles. The summed E-state index contributed by atoms with van der Waals surface area (Å²) in [5.74, 6) is 2.04. The lowest BCUT2D eigenvalue weighted by molar-refractivity contribution is 0.133. The van der Waals surface area contributed by atoms with E-state index in [1.165, 1.54) is 12.8 Å². The molecule has 0 radical (unpaired) electrons. The van der Waals surface area contributed by atoms with E-state index in [9.17, 15) is 0 Å². The molecule has 0 rings (SSSR count). The summed E-state index contributed by atoms with van der Waals surface area (Å²) in [7, 11) is 0. The van der Waals surface area contributed by atoms with Crippen LogP contribution in [0.25, 0.3) is 0 Å². The summed E-state index contributed by atoms with van der Waals surface area (Å²) in [6.07, 6.45) is 2.36. The Kier molecular flexibility index (Phi) is 5.87. The summed E-state index contributed by atoms with van der Waals surface area (Å²) >= 11 is 0. The molecule has 92 valence electrons. The van der Waals surface area contributed by atoms with Crippen LogP contribution in [-0.2, 0) is 0 Å². The number of nitrogens with two attached hydrogens (primary N) is 1. The summed E-state index contributed by atoms with van der Waals surface area (Å²) in [5.41, 5.74) is 6.76. The first-order valence-corrected chi connectivity index (χ1v) is 6.55. The van der Waals surface area contributed by atoms with Crippen molar-refractivity contribution in [2.75, 3.05) is 0 Å². The van der Waals surface area contributed by atoms with Crippen molar-refractivity contribution in [3.8, 4) is 0 Å². The molecular weight excluding hydrogens is 182 g/mol. The standard InChI is InChI=1S/C14H31N/c1-8-14(7,9-2)13(15)12(6)11(5)10(3)4/h10-13H,8-9,15H2,1-7H3. The average Bonchev–Trinajstić information content (AvgIpc) is 2.24. The van der Waals surface area contributed by atoms with E-state index in [1.807, 2.05) is 0 Å². The van der Waals surface area contributed by atoms with E-state index in [0.29, 0.717) is 23.3 Å². The highest BCUT2D eigenvalue weighted by Crippen LogP contribution is 2.36. The SMILES string of the molecule is CCC(C)(CC)C(N)C(C)C(C)C(C)C. The summed E-state index contributed by atoms with van der Waals surface area (Å²) in [6.45, 7) is 16.1. The fourth-order valence-electron chi connectivity index (χ4n) is 2.29. The van der Waals surface area contributed by atoms with Crippen molar-refractivity contribution in [2.24, 2.45) is 28.9 Å². The van der Waals surface area contributed by atoms with Gasteiger partial charge in [0, 0.05) is 6.04 Å². The molecule has 0 aromatic heterocycles. The van der Waals surface area contributed by atoms with Crippen molar-refractivity contribution in [2.45, 2.75) is 67.3 Å². The van der Waals surface area contributed by atoms with Gasteiger partial charge in [0.1, 0.15) is 0 Å². The fourth-order valence-corrected chi connectivity index (χ4v) is 2.29. The first-order chi connectivity index (χ1) is 6.80. The maximum atomic E-state index is 6.46. The van der Waals surface area contributed by atoms with Gasteiger partial charge in [-0.2, -0.15) is 0 Å². The predicted molar refractivity (Wildman–Crippen MR) is 69.8 cm³/mol. The molecule has 1 nitrogen and oxygen atoms in total. The zero-order chi connectivity index (χ0) is 12.2. The van der Waals surface area contributed by atoms with Crippen LogP contribution in [0, 0.1) is 23.2 Å². The van der Waals surface area contributed by atoms with Crippen LogP contribution >= 0.6 is 0 Å². The zero-order valence-electron chi connectivity index (χ0n) is 11.8. The second-order valence-electron chi connectivity index (χ2n) is 5.85. The molecule has 3 atom stereocenters. The third-order valence-corrected chi connectivity index (χ3v) is 4.87. The summed E-state index contributed by atoms with van der Waals surface area (Å²) in [6, 6.07) is 0.324. The molecule has 0 aliphatic carbocycles. The van der Waals surface area contributed by atoms with Crippen molar-refractivity contribution in [1.29, 1.82) is 0 Å². The minimum absolute atomic E-state index is 0.308. The third kappa shape index (κ3) is 3.48. The largest absolute Gasteiger partial charge is 0.327 e. The molecule has 0 heterocycles. The first kappa shape index (κ1) is 15.0. The maximum absolute atomic E-state index is 6.46. The molecule has 2 N–H and O–H groups in total.